The van der Waals surface area contributed by atoms with Gasteiger partial charge in [0.05, 0.1) is 17.6 Å². The fourth-order valence-corrected chi connectivity index (χ4v) is 3.06. The Bertz CT molecular complexity index is 900. The molecule has 0 fully saturated rings. The molecule has 1 aromatic heterocycles. The maximum Gasteiger partial charge on any atom is 0.191 e. The number of aliphatic imine (C=N–C) groups is 1. The molecule has 0 radical (unpaired) electrons. The first kappa shape index (κ1) is 21.2. The molecule has 0 aliphatic heterocycles. The molecule has 5 nitrogen and oxygen atoms in total. The van der Waals surface area contributed by atoms with Gasteiger partial charge in [-0.05, 0) is 44.0 Å². The number of fused-ring (bicyclic) bond motifs is 1. The van der Waals surface area contributed by atoms with Gasteiger partial charge in [0.15, 0.2) is 5.96 Å². The number of hydrogen-bond donors (Lipinski definition) is 2. The van der Waals surface area contributed by atoms with Gasteiger partial charge in [-0.25, -0.2) is 9.98 Å². The quantitative estimate of drug-likeness (QED) is 0.320. The van der Waals surface area contributed by atoms with E-state index in [4.69, 9.17) is 4.99 Å². The minimum absolute atomic E-state index is 0. The zero-order chi connectivity index (χ0) is 18.4. The summed E-state index contributed by atoms with van der Waals surface area (Å²) in [6.07, 6.45) is 0. The van der Waals surface area contributed by atoms with Crippen LogP contribution in [0.15, 0.2) is 53.5 Å². The number of para-hydroxylation sites is 2. The largest absolute Gasteiger partial charge is 0.357 e. The normalized spacial score (nSPS) is 11.3. The van der Waals surface area contributed by atoms with E-state index in [0.717, 1.165) is 36.9 Å². The van der Waals surface area contributed by atoms with E-state index in [1.807, 2.05) is 6.07 Å². The zero-order valence-corrected chi connectivity index (χ0v) is 18.5. The molecular formula is C21H28IN5. The van der Waals surface area contributed by atoms with Crippen molar-refractivity contribution in [1.82, 2.24) is 20.2 Å². The number of benzene rings is 2. The zero-order valence-electron chi connectivity index (χ0n) is 16.2. The lowest BCUT2D eigenvalue weighted by Gasteiger charge is -2.13. The minimum Gasteiger partial charge on any atom is -0.357 e. The van der Waals surface area contributed by atoms with Gasteiger partial charge >= 0.3 is 0 Å². The Morgan fingerprint density at radius 3 is 2.56 bits per heavy atom. The number of aryl methyl sites for hydroxylation is 2. The van der Waals surface area contributed by atoms with E-state index in [1.54, 1.807) is 0 Å². The highest BCUT2D eigenvalue weighted by atomic mass is 127. The molecule has 0 aliphatic carbocycles. The predicted molar refractivity (Wildman–Crippen MR) is 124 cm³/mol. The van der Waals surface area contributed by atoms with E-state index in [0.29, 0.717) is 6.54 Å². The third-order valence-electron chi connectivity index (χ3n) is 4.49. The first-order chi connectivity index (χ1) is 12.7. The van der Waals surface area contributed by atoms with Crippen molar-refractivity contribution in [3.63, 3.8) is 0 Å². The average molecular weight is 477 g/mol. The smallest absolute Gasteiger partial charge is 0.191 e. The van der Waals surface area contributed by atoms with Crippen LogP contribution in [-0.4, -0.2) is 28.6 Å². The fourth-order valence-electron chi connectivity index (χ4n) is 3.06. The van der Waals surface area contributed by atoms with Gasteiger partial charge in [0.25, 0.3) is 0 Å². The van der Waals surface area contributed by atoms with Crippen LogP contribution in [0.3, 0.4) is 0 Å². The standard InChI is InChI=1S/C21H27N5.HI/c1-4-22-21(24-15-18-10-6-5-9-16(18)2)23-13-14-26-17(3)25-19-11-7-8-12-20(19)26;/h5-12H,4,13-15H2,1-3H3,(H2,22,23,24);1H. The Hall–Kier alpha value is -2.09. The van der Waals surface area contributed by atoms with Crippen molar-refractivity contribution in [2.45, 2.75) is 33.9 Å². The molecule has 0 unspecified atom stereocenters. The van der Waals surface area contributed by atoms with Crippen LogP contribution in [0.4, 0.5) is 0 Å². The van der Waals surface area contributed by atoms with Gasteiger partial charge in [0, 0.05) is 19.6 Å². The van der Waals surface area contributed by atoms with Crippen molar-refractivity contribution in [2.24, 2.45) is 4.99 Å². The molecule has 0 aliphatic rings. The first-order valence-electron chi connectivity index (χ1n) is 9.17. The summed E-state index contributed by atoms with van der Waals surface area (Å²) in [6, 6.07) is 16.6. The van der Waals surface area contributed by atoms with E-state index in [2.05, 4.69) is 83.4 Å². The van der Waals surface area contributed by atoms with Gasteiger partial charge in [-0.2, -0.15) is 0 Å². The summed E-state index contributed by atoms with van der Waals surface area (Å²) in [6.45, 7) is 9.41. The predicted octanol–water partition coefficient (Wildman–Crippen LogP) is 4.03. The summed E-state index contributed by atoms with van der Waals surface area (Å²) >= 11 is 0. The van der Waals surface area contributed by atoms with Crippen LogP contribution in [0.25, 0.3) is 11.0 Å². The monoisotopic (exact) mass is 477 g/mol. The van der Waals surface area contributed by atoms with Crippen LogP contribution in [-0.2, 0) is 13.1 Å². The Morgan fingerprint density at radius 1 is 1.04 bits per heavy atom. The minimum atomic E-state index is 0. The van der Waals surface area contributed by atoms with Gasteiger partial charge in [0.2, 0.25) is 0 Å². The number of aromatic nitrogens is 2. The van der Waals surface area contributed by atoms with E-state index in [-0.39, 0.29) is 24.0 Å². The lowest BCUT2D eigenvalue weighted by Crippen LogP contribution is -2.38. The summed E-state index contributed by atoms with van der Waals surface area (Å²) < 4.78 is 2.24. The van der Waals surface area contributed by atoms with E-state index in [1.165, 1.54) is 16.6 Å². The average Bonchev–Trinajstić information content (AvgIpc) is 2.96. The third kappa shape index (κ3) is 5.45. The van der Waals surface area contributed by atoms with Crippen molar-refractivity contribution in [1.29, 1.82) is 0 Å². The number of hydrogen-bond acceptors (Lipinski definition) is 2. The number of imidazole rings is 1. The molecule has 0 atom stereocenters. The molecule has 0 saturated carbocycles. The summed E-state index contributed by atoms with van der Waals surface area (Å²) in [5.74, 6) is 1.88. The molecule has 0 spiro atoms. The molecular weight excluding hydrogens is 449 g/mol. The highest BCUT2D eigenvalue weighted by molar-refractivity contribution is 14.0. The molecule has 2 N–H and O–H groups in total. The molecule has 3 aromatic rings. The summed E-state index contributed by atoms with van der Waals surface area (Å²) in [5.41, 5.74) is 4.74. The SMILES string of the molecule is CCNC(=NCc1ccccc1C)NCCn1c(C)nc2ccccc21.I. The Kier molecular flexibility index (Phi) is 8.09. The lowest BCUT2D eigenvalue weighted by atomic mass is 10.1. The summed E-state index contributed by atoms with van der Waals surface area (Å²) in [5, 5.41) is 6.75. The molecule has 0 bridgehead atoms. The molecule has 2 aromatic carbocycles. The molecule has 3 rings (SSSR count). The number of nitrogens with one attached hydrogen (secondary N) is 2. The number of guanidine groups is 1. The van der Waals surface area contributed by atoms with Gasteiger partial charge in [-0.3, -0.25) is 0 Å². The van der Waals surface area contributed by atoms with Crippen molar-refractivity contribution < 1.29 is 0 Å². The molecule has 0 amide bonds. The number of halogens is 1. The second-order valence-corrected chi connectivity index (χ2v) is 6.35. The highest BCUT2D eigenvalue weighted by Crippen LogP contribution is 2.14. The second kappa shape index (κ2) is 10.3. The van der Waals surface area contributed by atoms with E-state index < -0.39 is 0 Å². The summed E-state index contributed by atoms with van der Waals surface area (Å²) in [4.78, 5) is 9.34. The molecule has 6 heteroatoms. The maximum absolute atomic E-state index is 4.72. The molecule has 144 valence electrons. The van der Waals surface area contributed by atoms with E-state index in [9.17, 15) is 0 Å². The van der Waals surface area contributed by atoms with Gasteiger partial charge in [0.1, 0.15) is 5.82 Å². The number of rotatable bonds is 6. The van der Waals surface area contributed by atoms with Crippen LogP contribution in [0.5, 0.6) is 0 Å². The molecule has 1 heterocycles. The maximum atomic E-state index is 4.72. The van der Waals surface area contributed by atoms with Crippen molar-refractivity contribution in [3.8, 4) is 0 Å². The molecule has 27 heavy (non-hydrogen) atoms. The van der Waals surface area contributed by atoms with Crippen LogP contribution >= 0.6 is 24.0 Å². The van der Waals surface area contributed by atoms with E-state index >= 15 is 0 Å². The van der Waals surface area contributed by atoms with Gasteiger partial charge in [-0.1, -0.05) is 36.4 Å². The number of nitrogens with zero attached hydrogens (tertiary/aromatic N) is 3. The Morgan fingerprint density at radius 2 is 1.78 bits per heavy atom. The fraction of sp³-hybridized carbons (Fsp3) is 0.333. The topological polar surface area (TPSA) is 54.2 Å². The van der Waals surface area contributed by atoms with Crippen LogP contribution in [0, 0.1) is 13.8 Å². The first-order valence-corrected chi connectivity index (χ1v) is 9.17. The van der Waals surface area contributed by atoms with Crippen LogP contribution < -0.4 is 10.6 Å². The van der Waals surface area contributed by atoms with Crippen LogP contribution in [0.2, 0.25) is 0 Å². The molecule has 0 saturated heterocycles. The highest BCUT2D eigenvalue weighted by Gasteiger charge is 2.06. The third-order valence-corrected chi connectivity index (χ3v) is 4.49. The Balaban J connectivity index is 0.00000261. The van der Waals surface area contributed by atoms with Crippen molar-refractivity contribution >= 4 is 41.0 Å². The lowest BCUT2D eigenvalue weighted by molar-refractivity contribution is 0.660. The van der Waals surface area contributed by atoms with Crippen LogP contribution in [0.1, 0.15) is 23.9 Å². The second-order valence-electron chi connectivity index (χ2n) is 6.35. The van der Waals surface area contributed by atoms with Crippen molar-refractivity contribution in [3.05, 3.63) is 65.5 Å². The van der Waals surface area contributed by atoms with Gasteiger partial charge < -0.3 is 15.2 Å². The Labute approximate surface area is 178 Å². The van der Waals surface area contributed by atoms with Gasteiger partial charge in [-0.15, -0.1) is 24.0 Å². The summed E-state index contributed by atoms with van der Waals surface area (Å²) in [7, 11) is 0. The van der Waals surface area contributed by atoms with Crippen molar-refractivity contribution in [2.75, 3.05) is 13.1 Å².